The molecular formula is C19H18BrNO4S. The molecule has 26 heavy (non-hydrogen) atoms. The summed E-state index contributed by atoms with van der Waals surface area (Å²) >= 11 is 4.80. The molecule has 1 heterocycles. The number of benzene rings is 2. The van der Waals surface area contributed by atoms with Gasteiger partial charge in [-0.2, -0.15) is 0 Å². The molecule has 3 rings (SSSR count). The number of hydrogen-bond acceptors (Lipinski definition) is 6. The number of halogens is 1. The zero-order chi connectivity index (χ0) is 18.7. The second kappa shape index (κ2) is 8.05. The van der Waals surface area contributed by atoms with E-state index in [-0.39, 0.29) is 5.97 Å². The van der Waals surface area contributed by atoms with Crippen molar-refractivity contribution in [3.05, 3.63) is 56.9 Å². The molecule has 0 amide bonds. The first-order valence-corrected chi connectivity index (χ1v) is 9.43. The maximum absolute atomic E-state index is 12.5. The maximum Gasteiger partial charge on any atom is 0.346 e. The van der Waals surface area contributed by atoms with Gasteiger partial charge in [0.05, 0.1) is 27.0 Å². The fourth-order valence-corrected chi connectivity index (χ4v) is 4.02. The number of esters is 1. The van der Waals surface area contributed by atoms with Crippen molar-refractivity contribution in [2.24, 2.45) is 0 Å². The Morgan fingerprint density at radius 1 is 1.08 bits per heavy atom. The summed E-state index contributed by atoms with van der Waals surface area (Å²) in [4.78, 5) is 13.9. The minimum Gasteiger partial charge on any atom is -0.493 e. The molecule has 0 spiro atoms. The van der Waals surface area contributed by atoms with Crippen LogP contribution < -0.4 is 14.8 Å². The van der Waals surface area contributed by atoms with Gasteiger partial charge in [0.2, 0.25) is 0 Å². The molecule has 0 aromatic heterocycles. The van der Waals surface area contributed by atoms with E-state index in [1.165, 1.54) is 18.9 Å². The van der Waals surface area contributed by atoms with Crippen LogP contribution in [0.15, 0.2) is 50.7 Å². The smallest absolute Gasteiger partial charge is 0.346 e. The SMILES string of the molecule is COC(=O)C1=C(c2ccc(Br)cc2)NCc2cc(OC)c(OC)cc2S1. The van der Waals surface area contributed by atoms with Gasteiger partial charge in [0.25, 0.3) is 0 Å². The topological polar surface area (TPSA) is 56.8 Å². The Balaban J connectivity index is 2.10. The summed E-state index contributed by atoms with van der Waals surface area (Å²) < 4.78 is 16.8. The number of carbonyl (C=O) groups excluding carboxylic acids is 1. The van der Waals surface area contributed by atoms with Crippen molar-refractivity contribution < 1.29 is 19.0 Å². The van der Waals surface area contributed by atoms with Gasteiger partial charge in [-0.3, -0.25) is 0 Å². The summed E-state index contributed by atoms with van der Waals surface area (Å²) in [5.74, 6) is 0.887. The molecule has 1 N–H and O–H groups in total. The normalized spacial score (nSPS) is 13.4. The van der Waals surface area contributed by atoms with E-state index in [4.69, 9.17) is 14.2 Å². The lowest BCUT2D eigenvalue weighted by molar-refractivity contribution is -0.135. The molecule has 0 aliphatic carbocycles. The fourth-order valence-electron chi connectivity index (χ4n) is 2.65. The van der Waals surface area contributed by atoms with E-state index in [0.717, 1.165) is 26.2 Å². The number of thioether (sulfide) groups is 1. The average molecular weight is 436 g/mol. The Labute approximate surface area is 164 Å². The van der Waals surface area contributed by atoms with Gasteiger partial charge in [-0.15, -0.1) is 0 Å². The molecule has 0 unspecified atom stereocenters. The minimum atomic E-state index is -0.386. The molecule has 0 bridgehead atoms. The van der Waals surface area contributed by atoms with E-state index in [2.05, 4.69) is 21.2 Å². The predicted octanol–water partition coefficient (Wildman–Crippen LogP) is 4.20. The Bertz CT molecular complexity index is 865. The van der Waals surface area contributed by atoms with E-state index >= 15 is 0 Å². The molecule has 5 nitrogen and oxygen atoms in total. The number of nitrogens with one attached hydrogen (secondary N) is 1. The van der Waals surface area contributed by atoms with Gasteiger partial charge in [0.15, 0.2) is 11.5 Å². The Morgan fingerprint density at radius 3 is 2.35 bits per heavy atom. The lowest BCUT2D eigenvalue weighted by Gasteiger charge is -2.13. The first kappa shape index (κ1) is 18.7. The van der Waals surface area contributed by atoms with E-state index in [1.807, 2.05) is 36.4 Å². The third kappa shape index (κ3) is 3.68. The molecule has 0 radical (unpaired) electrons. The number of rotatable bonds is 4. The fraction of sp³-hybridized carbons (Fsp3) is 0.211. The minimum absolute atomic E-state index is 0.386. The number of carbonyl (C=O) groups is 1. The van der Waals surface area contributed by atoms with Gasteiger partial charge < -0.3 is 19.5 Å². The van der Waals surface area contributed by atoms with Crippen molar-refractivity contribution in [1.82, 2.24) is 5.32 Å². The van der Waals surface area contributed by atoms with Crippen molar-refractivity contribution in [3.63, 3.8) is 0 Å². The van der Waals surface area contributed by atoms with E-state index in [0.29, 0.717) is 22.9 Å². The van der Waals surface area contributed by atoms with Crippen LogP contribution in [0.1, 0.15) is 11.1 Å². The summed E-state index contributed by atoms with van der Waals surface area (Å²) in [5, 5.41) is 3.37. The highest BCUT2D eigenvalue weighted by molar-refractivity contribution is 9.10. The molecule has 2 aromatic carbocycles. The van der Waals surface area contributed by atoms with Crippen LogP contribution in [0.4, 0.5) is 0 Å². The van der Waals surface area contributed by atoms with Crippen molar-refractivity contribution >= 4 is 39.4 Å². The summed E-state index contributed by atoms with van der Waals surface area (Å²) in [7, 11) is 4.58. The number of methoxy groups -OCH3 is 3. The zero-order valence-corrected chi connectivity index (χ0v) is 17.0. The van der Waals surface area contributed by atoms with Crippen LogP contribution >= 0.6 is 27.7 Å². The van der Waals surface area contributed by atoms with Crippen molar-refractivity contribution in [1.29, 1.82) is 0 Å². The van der Waals surface area contributed by atoms with Crippen molar-refractivity contribution in [2.75, 3.05) is 21.3 Å². The lowest BCUT2D eigenvalue weighted by atomic mass is 10.1. The van der Waals surface area contributed by atoms with E-state index < -0.39 is 0 Å². The number of fused-ring (bicyclic) bond motifs is 1. The number of ether oxygens (including phenoxy) is 3. The monoisotopic (exact) mass is 435 g/mol. The third-order valence-electron chi connectivity index (χ3n) is 3.97. The molecule has 0 saturated heterocycles. The van der Waals surface area contributed by atoms with Gasteiger partial charge >= 0.3 is 5.97 Å². The summed E-state index contributed by atoms with van der Waals surface area (Å²) in [6.07, 6.45) is 0. The van der Waals surface area contributed by atoms with E-state index in [9.17, 15) is 4.79 Å². The highest BCUT2D eigenvalue weighted by Gasteiger charge is 2.25. The molecule has 136 valence electrons. The highest BCUT2D eigenvalue weighted by Crippen LogP contribution is 2.42. The summed E-state index contributed by atoms with van der Waals surface area (Å²) in [6, 6.07) is 11.6. The largest absolute Gasteiger partial charge is 0.493 e. The number of hydrogen-bond donors (Lipinski definition) is 1. The van der Waals surface area contributed by atoms with Gasteiger partial charge in [0, 0.05) is 15.9 Å². The lowest BCUT2D eigenvalue weighted by Crippen LogP contribution is -2.15. The zero-order valence-electron chi connectivity index (χ0n) is 14.6. The molecule has 1 aliphatic rings. The van der Waals surface area contributed by atoms with Crippen LogP contribution in [0.3, 0.4) is 0 Å². The van der Waals surface area contributed by atoms with Gasteiger partial charge in [-0.05, 0) is 35.4 Å². The van der Waals surface area contributed by atoms with Crippen molar-refractivity contribution in [3.8, 4) is 11.5 Å². The average Bonchev–Trinajstić information content (AvgIpc) is 2.86. The Kier molecular flexibility index (Phi) is 5.78. The molecule has 2 aromatic rings. The van der Waals surface area contributed by atoms with Crippen LogP contribution in [0.25, 0.3) is 5.70 Å². The first-order valence-electron chi connectivity index (χ1n) is 7.82. The quantitative estimate of drug-likeness (QED) is 0.726. The summed E-state index contributed by atoms with van der Waals surface area (Å²) in [6.45, 7) is 0.550. The van der Waals surface area contributed by atoms with Crippen LogP contribution in [0, 0.1) is 0 Å². The molecule has 7 heteroatoms. The Morgan fingerprint density at radius 2 is 1.73 bits per heavy atom. The first-order chi connectivity index (χ1) is 12.6. The second-order valence-electron chi connectivity index (χ2n) is 5.47. The van der Waals surface area contributed by atoms with Crippen LogP contribution in [-0.4, -0.2) is 27.3 Å². The third-order valence-corrected chi connectivity index (χ3v) is 5.67. The molecular weight excluding hydrogens is 418 g/mol. The Hall–Kier alpha value is -2.12. The molecule has 0 fully saturated rings. The van der Waals surface area contributed by atoms with Crippen LogP contribution in [0.2, 0.25) is 0 Å². The van der Waals surface area contributed by atoms with Gasteiger partial charge in [-0.1, -0.05) is 39.8 Å². The second-order valence-corrected chi connectivity index (χ2v) is 7.44. The molecule has 0 saturated carbocycles. The van der Waals surface area contributed by atoms with Crippen molar-refractivity contribution in [2.45, 2.75) is 11.4 Å². The predicted molar refractivity (Wildman–Crippen MR) is 105 cm³/mol. The summed E-state index contributed by atoms with van der Waals surface area (Å²) in [5.41, 5.74) is 2.66. The molecule has 0 atom stereocenters. The molecule has 1 aliphatic heterocycles. The van der Waals surface area contributed by atoms with E-state index in [1.54, 1.807) is 14.2 Å². The van der Waals surface area contributed by atoms with Gasteiger partial charge in [-0.25, -0.2) is 4.79 Å². The standard InChI is InChI=1S/C19H18BrNO4S/c1-23-14-8-12-10-21-17(11-4-6-13(20)7-5-11)18(19(22)25-3)26-16(12)9-15(14)24-2/h4-9,21H,10H2,1-3H3. The maximum atomic E-state index is 12.5. The van der Waals surface area contributed by atoms with Crippen LogP contribution in [-0.2, 0) is 16.1 Å². The van der Waals surface area contributed by atoms with Gasteiger partial charge in [0.1, 0.15) is 4.91 Å². The highest BCUT2D eigenvalue weighted by atomic mass is 79.9. The van der Waals surface area contributed by atoms with Crippen LogP contribution in [0.5, 0.6) is 11.5 Å².